The zero-order valence-electron chi connectivity index (χ0n) is 2.27. The summed E-state index contributed by atoms with van der Waals surface area (Å²) in [6.45, 7) is 0. The van der Waals surface area contributed by atoms with Gasteiger partial charge in [-0.15, -0.1) is 12.4 Å². The van der Waals surface area contributed by atoms with Gasteiger partial charge < -0.3 is 12.3 Å². The van der Waals surface area contributed by atoms with Gasteiger partial charge in [0.15, 0.2) is 0 Å². The van der Waals surface area contributed by atoms with Crippen LogP contribution in [0.4, 0.5) is 0 Å². The summed E-state index contributed by atoms with van der Waals surface area (Å²) in [7, 11) is 0. The predicted molar refractivity (Wildman–Crippen MR) is 23.6 cm³/mol. The van der Waals surface area contributed by atoms with E-state index in [0.717, 1.165) is 0 Å². The Bertz CT molecular complexity index is 6.00. The third kappa shape index (κ3) is 12.2. The first-order valence-electron chi connectivity index (χ1n) is 0. The molecule has 0 saturated heterocycles. The Labute approximate surface area is 48.1 Å². The van der Waals surface area contributed by atoms with E-state index in [1.165, 1.54) is 0 Å². The second-order valence-corrected chi connectivity index (χ2v) is 0. The number of hydrogen-bond donors (Lipinski definition) is 0. The van der Waals surface area contributed by atoms with Crippen LogP contribution in [0.5, 0.6) is 0 Å². The van der Waals surface area contributed by atoms with E-state index in [4.69, 9.17) is 0 Å². The molecule has 0 radical (unpaired) electrons. The molecule has 0 atom stereocenters. The maximum absolute atomic E-state index is 0. The second-order valence-electron chi connectivity index (χ2n) is 0. The van der Waals surface area contributed by atoms with E-state index in [-0.39, 0.29) is 47.8 Å². The zero-order chi connectivity index (χ0) is 0. The van der Waals surface area contributed by atoms with Crippen molar-refractivity contribution in [1.82, 2.24) is 0 Å². The average Bonchev–Trinajstić information content (AvgIpc) is 0. The fourth-order valence-corrected chi connectivity index (χ4v) is 0. The van der Waals surface area contributed by atoms with Gasteiger partial charge in [-0.05, 0) is 0 Å². The van der Waals surface area contributed by atoms with Crippen LogP contribution >= 0.6 is 12.4 Å². The Balaban J connectivity index is 0. The third-order valence-electron chi connectivity index (χ3n) is 0. The Morgan fingerprint density at radius 2 is 0.750 bits per heavy atom. The molecule has 4 N–H and O–H groups in total. The topological polar surface area (TPSA) is 67.0 Å². The molecule has 0 aliphatic heterocycles. The number of nitrogens with two attached hydrogens (primary N) is 2. The number of hydrogen-bond acceptors (Lipinski definition) is 0. The molecule has 24 valence electrons. The summed E-state index contributed by atoms with van der Waals surface area (Å²) in [5.41, 5.74) is 0. The molecule has 4 heteroatoms. The molecule has 0 saturated carbocycles. The van der Waals surface area contributed by atoms with Gasteiger partial charge in [-0.2, -0.15) is 0 Å². The molecule has 0 unspecified atom stereocenters. The normalized spacial score (nSPS) is 0. The van der Waals surface area contributed by atoms with Crippen LogP contribution in [-0.4, -0.2) is 23.1 Å². The van der Waals surface area contributed by atoms with E-state index < -0.39 is 0 Å². The molecular formula is H5ClMgN2. The SMILES string of the molecule is Cl.[Mg+2].[NH2-].[NH2-]. The Morgan fingerprint density at radius 3 is 0.750 bits per heavy atom. The molecule has 0 aliphatic rings. The summed E-state index contributed by atoms with van der Waals surface area (Å²) in [5, 5.41) is 0. The van der Waals surface area contributed by atoms with E-state index in [9.17, 15) is 0 Å². The first kappa shape index (κ1) is 82.6. The molecule has 0 aliphatic carbocycles. The molecule has 0 fully saturated rings. The van der Waals surface area contributed by atoms with Crippen molar-refractivity contribution in [2.24, 2.45) is 0 Å². The minimum atomic E-state index is 0. The Hall–Kier alpha value is 0.976. The number of rotatable bonds is 0. The zero-order valence-corrected chi connectivity index (χ0v) is 4.50. The van der Waals surface area contributed by atoms with E-state index in [1.807, 2.05) is 0 Å². The van der Waals surface area contributed by atoms with E-state index in [0.29, 0.717) is 0 Å². The summed E-state index contributed by atoms with van der Waals surface area (Å²) in [5.74, 6) is 0. The van der Waals surface area contributed by atoms with Crippen molar-refractivity contribution in [2.75, 3.05) is 0 Å². The molecule has 0 spiro atoms. The van der Waals surface area contributed by atoms with Gasteiger partial charge in [0.05, 0.1) is 0 Å². The quantitative estimate of drug-likeness (QED) is 0.407. The molecule has 2 nitrogen and oxygen atoms in total. The molecule has 4 heavy (non-hydrogen) atoms. The average molecular weight is 92.8 g/mol. The van der Waals surface area contributed by atoms with Crippen LogP contribution < -0.4 is 0 Å². The van der Waals surface area contributed by atoms with Gasteiger partial charge in [0.25, 0.3) is 0 Å². The Kier molecular flexibility index (Phi) is 763. The van der Waals surface area contributed by atoms with Crippen molar-refractivity contribution in [3.05, 3.63) is 12.3 Å². The van der Waals surface area contributed by atoms with Crippen LogP contribution in [0.3, 0.4) is 0 Å². The standard InChI is InChI=1S/ClH.Mg.2H2N/h1H;;2*1H2/q;+2;2*-1. The molecule has 0 aromatic heterocycles. The second kappa shape index (κ2) is 37.0. The fourth-order valence-electron chi connectivity index (χ4n) is 0. The predicted octanol–water partition coefficient (Wildman–Crippen LogP) is 1.48. The summed E-state index contributed by atoms with van der Waals surface area (Å²) >= 11 is 0. The van der Waals surface area contributed by atoms with Gasteiger partial charge in [0, 0.05) is 0 Å². The largest absolute Gasteiger partial charge is 2.00 e. The minimum Gasteiger partial charge on any atom is -0.693 e. The molecule has 0 rings (SSSR count). The molecule has 0 amide bonds. The number of halogens is 1. The van der Waals surface area contributed by atoms with Crippen LogP contribution in [0.25, 0.3) is 12.3 Å². The molecule has 0 aromatic rings. The Morgan fingerprint density at radius 1 is 0.750 bits per heavy atom. The van der Waals surface area contributed by atoms with Gasteiger partial charge in [-0.25, -0.2) is 0 Å². The maximum Gasteiger partial charge on any atom is 2.00 e. The van der Waals surface area contributed by atoms with Crippen molar-refractivity contribution in [1.29, 1.82) is 0 Å². The summed E-state index contributed by atoms with van der Waals surface area (Å²) < 4.78 is 0. The fraction of sp³-hybridized carbons (Fsp3) is 0. The van der Waals surface area contributed by atoms with Crippen LogP contribution in [-0.2, 0) is 0 Å². The van der Waals surface area contributed by atoms with Crippen LogP contribution in [0.15, 0.2) is 0 Å². The smallest absolute Gasteiger partial charge is 0.693 e. The van der Waals surface area contributed by atoms with Crippen molar-refractivity contribution in [3.63, 3.8) is 0 Å². The van der Waals surface area contributed by atoms with Crippen LogP contribution in [0.1, 0.15) is 0 Å². The van der Waals surface area contributed by atoms with E-state index in [1.54, 1.807) is 0 Å². The van der Waals surface area contributed by atoms with Crippen LogP contribution in [0.2, 0.25) is 0 Å². The van der Waals surface area contributed by atoms with Gasteiger partial charge >= 0.3 is 23.1 Å². The van der Waals surface area contributed by atoms with Gasteiger partial charge in [0.1, 0.15) is 0 Å². The van der Waals surface area contributed by atoms with Crippen molar-refractivity contribution in [3.8, 4) is 0 Å². The van der Waals surface area contributed by atoms with Crippen molar-refractivity contribution in [2.45, 2.75) is 0 Å². The van der Waals surface area contributed by atoms with E-state index in [2.05, 4.69) is 0 Å². The van der Waals surface area contributed by atoms with Gasteiger partial charge in [-0.1, -0.05) is 0 Å². The van der Waals surface area contributed by atoms with Crippen molar-refractivity contribution >= 4 is 35.5 Å². The molecule has 0 aromatic carbocycles. The van der Waals surface area contributed by atoms with Crippen LogP contribution in [0, 0.1) is 0 Å². The summed E-state index contributed by atoms with van der Waals surface area (Å²) in [6, 6.07) is 0. The van der Waals surface area contributed by atoms with Gasteiger partial charge in [0.2, 0.25) is 0 Å². The summed E-state index contributed by atoms with van der Waals surface area (Å²) in [4.78, 5) is 0. The summed E-state index contributed by atoms with van der Waals surface area (Å²) in [6.07, 6.45) is 0. The monoisotopic (exact) mass is 92.0 g/mol. The first-order valence-corrected chi connectivity index (χ1v) is 0. The molecule has 0 bridgehead atoms. The minimum absolute atomic E-state index is 0. The molecule has 0 heterocycles. The first-order chi connectivity index (χ1) is 0. The van der Waals surface area contributed by atoms with Gasteiger partial charge in [-0.3, -0.25) is 0 Å². The van der Waals surface area contributed by atoms with E-state index >= 15 is 0 Å². The maximum atomic E-state index is 0. The molecular weight excluding hydrogens is 87.8 g/mol. The third-order valence-corrected chi connectivity index (χ3v) is 0. The van der Waals surface area contributed by atoms with Crippen molar-refractivity contribution < 1.29 is 0 Å².